The molecule has 1 aliphatic carbocycles. The van der Waals surface area contributed by atoms with Gasteiger partial charge in [-0.2, -0.15) is 0 Å². The van der Waals surface area contributed by atoms with Crippen LogP contribution < -0.4 is 14.8 Å². The quantitative estimate of drug-likeness (QED) is 0.851. The van der Waals surface area contributed by atoms with Crippen LogP contribution in [0.5, 0.6) is 11.5 Å². The van der Waals surface area contributed by atoms with Crippen molar-refractivity contribution < 1.29 is 9.47 Å². The number of hydrogen-bond donors (Lipinski definition) is 1. The molecule has 17 heavy (non-hydrogen) atoms. The van der Waals surface area contributed by atoms with Crippen LogP contribution in [0.25, 0.3) is 0 Å². The summed E-state index contributed by atoms with van der Waals surface area (Å²) in [6, 6.07) is 6.71. The van der Waals surface area contributed by atoms with E-state index in [9.17, 15) is 0 Å². The molecule has 1 fully saturated rings. The summed E-state index contributed by atoms with van der Waals surface area (Å²) in [5.74, 6) is 2.49. The van der Waals surface area contributed by atoms with Gasteiger partial charge in [0.2, 0.25) is 0 Å². The second-order valence-corrected chi connectivity index (χ2v) is 4.53. The van der Waals surface area contributed by atoms with E-state index in [4.69, 9.17) is 9.47 Å². The highest BCUT2D eigenvalue weighted by atomic mass is 16.5. The molecule has 0 heterocycles. The predicted molar refractivity (Wildman–Crippen MR) is 69.0 cm³/mol. The lowest BCUT2D eigenvalue weighted by atomic mass is 9.75. The van der Waals surface area contributed by atoms with E-state index >= 15 is 0 Å². The second kappa shape index (κ2) is 5.41. The summed E-state index contributed by atoms with van der Waals surface area (Å²) in [6.45, 7) is 3.20. The molecule has 0 spiro atoms. The van der Waals surface area contributed by atoms with Crippen LogP contribution in [0, 0.1) is 0 Å². The van der Waals surface area contributed by atoms with Gasteiger partial charge >= 0.3 is 0 Å². The molecule has 94 valence electrons. The topological polar surface area (TPSA) is 30.5 Å². The van der Waals surface area contributed by atoms with E-state index in [0.29, 0.717) is 12.0 Å². The standard InChI is InChI=1S/C14H21NO2/c1-4-15-11-7-10(8-11)13-9-12(16-2)5-6-14(13)17-3/h5-6,9-11,15H,4,7-8H2,1-3H3. The van der Waals surface area contributed by atoms with Crippen molar-refractivity contribution in [2.75, 3.05) is 20.8 Å². The van der Waals surface area contributed by atoms with Crippen LogP contribution in [-0.4, -0.2) is 26.8 Å². The molecule has 0 saturated heterocycles. The number of methoxy groups -OCH3 is 2. The molecule has 3 heteroatoms. The van der Waals surface area contributed by atoms with Gasteiger partial charge in [-0.05, 0) is 43.5 Å². The lowest BCUT2D eigenvalue weighted by molar-refractivity contribution is 0.286. The number of ether oxygens (including phenoxy) is 2. The molecule has 0 aliphatic heterocycles. The number of nitrogens with one attached hydrogen (secondary N) is 1. The van der Waals surface area contributed by atoms with Gasteiger partial charge in [0, 0.05) is 11.6 Å². The first-order valence-electron chi connectivity index (χ1n) is 6.23. The maximum Gasteiger partial charge on any atom is 0.122 e. The molecule has 3 nitrogen and oxygen atoms in total. The molecule has 0 radical (unpaired) electrons. The normalized spacial score (nSPS) is 23.0. The molecule has 1 N–H and O–H groups in total. The van der Waals surface area contributed by atoms with Crippen LogP contribution in [-0.2, 0) is 0 Å². The summed E-state index contributed by atoms with van der Waals surface area (Å²) in [5, 5.41) is 3.48. The lowest BCUT2D eigenvalue weighted by Gasteiger charge is -2.36. The van der Waals surface area contributed by atoms with Crippen LogP contribution >= 0.6 is 0 Å². The molecule has 0 amide bonds. The first-order valence-corrected chi connectivity index (χ1v) is 6.23. The highest BCUT2D eigenvalue weighted by Crippen LogP contribution is 2.42. The van der Waals surface area contributed by atoms with Gasteiger partial charge in [0.1, 0.15) is 11.5 Å². The third-order valence-corrected chi connectivity index (χ3v) is 3.51. The van der Waals surface area contributed by atoms with Gasteiger partial charge in [-0.1, -0.05) is 6.92 Å². The largest absolute Gasteiger partial charge is 0.497 e. The van der Waals surface area contributed by atoms with Gasteiger partial charge in [-0.25, -0.2) is 0 Å². The SMILES string of the molecule is CCNC1CC(c2cc(OC)ccc2OC)C1. The Morgan fingerprint density at radius 2 is 2.00 bits per heavy atom. The van der Waals surface area contributed by atoms with Crippen molar-refractivity contribution in [1.82, 2.24) is 5.32 Å². The maximum atomic E-state index is 5.42. The van der Waals surface area contributed by atoms with Crippen LogP contribution in [0.2, 0.25) is 0 Å². The molecule has 0 aromatic heterocycles. The predicted octanol–water partition coefficient (Wildman–Crippen LogP) is 2.56. The molecule has 1 aliphatic rings. The summed E-state index contributed by atoms with van der Waals surface area (Å²) in [4.78, 5) is 0. The van der Waals surface area contributed by atoms with Crippen LogP contribution in [0.1, 0.15) is 31.2 Å². The first-order chi connectivity index (χ1) is 8.28. The Labute approximate surface area is 103 Å². The third-order valence-electron chi connectivity index (χ3n) is 3.51. The molecule has 0 bridgehead atoms. The molecular weight excluding hydrogens is 214 g/mol. The minimum Gasteiger partial charge on any atom is -0.497 e. The van der Waals surface area contributed by atoms with Gasteiger partial charge in [0.05, 0.1) is 14.2 Å². The zero-order valence-corrected chi connectivity index (χ0v) is 10.8. The van der Waals surface area contributed by atoms with Crippen molar-refractivity contribution in [2.24, 2.45) is 0 Å². The molecule has 0 atom stereocenters. The summed E-state index contributed by atoms with van der Waals surface area (Å²) < 4.78 is 10.7. The van der Waals surface area contributed by atoms with Crippen molar-refractivity contribution in [1.29, 1.82) is 0 Å². The molecule has 1 saturated carbocycles. The van der Waals surface area contributed by atoms with E-state index in [1.807, 2.05) is 12.1 Å². The van der Waals surface area contributed by atoms with E-state index in [-0.39, 0.29) is 0 Å². The maximum absolute atomic E-state index is 5.42. The Bertz CT molecular complexity index is 372. The van der Waals surface area contributed by atoms with Crippen molar-refractivity contribution in [3.8, 4) is 11.5 Å². The lowest BCUT2D eigenvalue weighted by Crippen LogP contribution is -2.39. The summed E-state index contributed by atoms with van der Waals surface area (Å²) in [5.41, 5.74) is 1.28. The van der Waals surface area contributed by atoms with Crippen LogP contribution in [0.4, 0.5) is 0 Å². The molecule has 1 aromatic rings. The van der Waals surface area contributed by atoms with Gasteiger partial charge in [-0.15, -0.1) is 0 Å². The van der Waals surface area contributed by atoms with Gasteiger partial charge in [0.15, 0.2) is 0 Å². The fourth-order valence-corrected chi connectivity index (χ4v) is 2.49. The monoisotopic (exact) mass is 235 g/mol. The Morgan fingerprint density at radius 1 is 1.24 bits per heavy atom. The zero-order chi connectivity index (χ0) is 12.3. The summed E-state index contributed by atoms with van der Waals surface area (Å²) >= 11 is 0. The fourth-order valence-electron chi connectivity index (χ4n) is 2.49. The molecular formula is C14H21NO2. The van der Waals surface area contributed by atoms with E-state index in [2.05, 4.69) is 18.3 Å². The summed E-state index contributed by atoms with van der Waals surface area (Å²) in [6.07, 6.45) is 2.38. The van der Waals surface area contributed by atoms with Crippen LogP contribution in [0.15, 0.2) is 18.2 Å². The first kappa shape index (κ1) is 12.2. The van der Waals surface area contributed by atoms with Crippen molar-refractivity contribution in [3.05, 3.63) is 23.8 Å². The highest BCUT2D eigenvalue weighted by Gasteiger charge is 2.31. The number of hydrogen-bond acceptors (Lipinski definition) is 3. The Hall–Kier alpha value is -1.22. The fraction of sp³-hybridized carbons (Fsp3) is 0.571. The van der Waals surface area contributed by atoms with Crippen LogP contribution in [0.3, 0.4) is 0 Å². The van der Waals surface area contributed by atoms with E-state index in [0.717, 1.165) is 18.0 Å². The van der Waals surface area contributed by atoms with Gasteiger partial charge in [0.25, 0.3) is 0 Å². The smallest absolute Gasteiger partial charge is 0.122 e. The minimum absolute atomic E-state index is 0.601. The average molecular weight is 235 g/mol. The summed E-state index contributed by atoms with van der Waals surface area (Å²) in [7, 11) is 3.43. The number of rotatable bonds is 5. The molecule has 1 aromatic carbocycles. The Morgan fingerprint density at radius 3 is 2.59 bits per heavy atom. The third kappa shape index (κ3) is 2.55. The van der Waals surface area contributed by atoms with Crippen molar-refractivity contribution >= 4 is 0 Å². The molecule has 2 rings (SSSR count). The number of benzene rings is 1. The highest BCUT2D eigenvalue weighted by molar-refractivity contribution is 5.43. The van der Waals surface area contributed by atoms with Crippen molar-refractivity contribution in [2.45, 2.75) is 31.7 Å². The van der Waals surface area contributed by atoms with Gasteiger partial charge < -0.3 is 14.8 Å². The average Bonchev–Trinajstić information content (AvgIpc) is 2.32. The van der Waals surface area contributed by atoms with Gasteiger partial charge in [-0.3, -0.25) is 0 Å². The Kier molecular flexibility index (Phi) is 3.89. The van der Waals surface area contributed by atoms with E-state index < -0.39 is 0 Å². The Balaban J connectivity index is 2.09. The molecule has 0 unspecified atom stereocenters. The van der Waals surface area contributed by atoms with E-state index in [1.165, 1.54) is 18.4 Å². The van der Waals surface area contributed by atoms with E-state index in [1.54, 1.807) is 14.2 Å². The second-order valence-electron chi connectivity index (χ2n) is 4.53. The minimum atomic E-state index is 0.601. The van der Waals surface area contributed by atoms with Crippen molar-refractivity contribution in [3.63, 3.8) is 0 Å². The zero-order valence-electron chi connectivity index (χ0n) is 10.8.